The van der Waals surface area contributed by atoms with E-state index in [9.17, 15) is 4.21 Å². The van der Waals surface area contributed by atoms with Gasteiger partial charge in [-0.3, -0.25) is 9.19 Å². The number of fused-ring (bicyclic) bond motifs is 1. The second kappa shape index (κ2) is 6.78. The average Bonchev–Trinajstić information content (AvgIpc) is 3.29. The lowest BCUT2D eigenvalue weighted by Gasteiger charge is -2.23. The number of anilines is 1. The minimum atomic E-state index is -1.07. The van der Waals surface area contributed by atoms with Crippen molar-refractivity contribution < 1.29 is 4.21 Å². The van der Waals surface area contributed by atoms with E-state index in [4.69, 9.17) is 10.7 Å². The summed E-state index contributed by atoms with van der Waals surface area (Å²) in [6, 6.07) is 5.88. The lowest BCUT2D eigenvalue weighted by molar-refractivity contribution is 0.505. The first-order valence-electron chi connectivity index (χ1n) is 8.65. The fraction of sp³-hybridized carbons (Fsp3) is 0.211. The first-order valence-corrected chi connectivity index (χ1v) is 11.6. The van der Waals surface area contributed by atoms with Crippen LogP contribution in [0.5, 0.6) is 0 Å². The Morgan fingerprint density at radius 1 is 1.26 bits per heavy atom. The largest absolute Gasteiger partial charge is 0.396 e. The number of nitrogen functional groups attached to an aromatic ring is 1. The second-order valence-electron chi connectivity index (χ2n) is 6.50. The number of thiophene rings is 1. The van der Waals surface area contributed by atoms with Crippen LogP contribution in [-0.4, -0.2) is 24.4 Å². The topological polar surface area (TPSA) is 81.8 Å². The number of nitrogens with two attached hydrogens (primary N) is 1. The third-order valence-electron chi connectivity index (χ3n) is 4.87. The van der Waals surface area contributed by atoms with Gasteiger partial charge in [0, 0.05) is 39.5 Å². The summed E-state index contributed by atoms with van der Waals surface area (Å²) in [5.41, 5.74) is 12.4. The van der Waals surface area contributed by atoms with Crippen LogP contribution in [0.25, 0.3) is 32.7 Å². The maximum atomic E-state index is 13.0. The summed E-state index contributed by atoms with van der Waals surface area (Å²) >= 11 is 2.99. The molecule has 0 aromatic carbocycles. The lowest BCUT2D eigenvalue weighted by Crippen LogP contribution is -2.23. The summed E-state index contributed by atoms with van der Waals surface area (Å²) in [6.45, 7) is 0. The second-order valence-corrected chi connectivity index (χ2v) is 10.2. The van der Waals surface area contributed by atoms with E-state index in [1.165, 1.54) is 22.7 Å². The standard InChI is InChI=1S/C19H16N4OS3/c20-17-16-13(15-9-25-10-22-15)7-14(11-3-2-6-21-8-11)23-18(16)26-19(17)27(24)12-4-1-5-12/h2-3,6-10,12H,1,4-5,20H2. The molecule has 27 heavy (non-hydrogen) atoms. The summed E-state index contributed by atoms with van der Waals surface area (Å²) in [7, 11) is -1.07. The van der Waals surface area contributed by atoms with E-state index >= 15 is 0 Å². The summed E-state index contributed by atoms with van der Waals surface area (Å²) in [4.78, 5) is 14.3. The summed E-state index contributed by atoms with van der Waals surface area (Å²) < 4.78 is 13.7. The normalized spacial score (nSPS) is 15.7. The molecular formula is C19H16N4OS3. The molecule has 4 aromatic heterocycles. The molecule has 0 saturated heterocycles. The van der Waals surface area contributed by atoms with Gasteiger partial charge in [-0.05, 0) is 31.0 Å². The van der Waals surface area contributed by atoms with Crippen molar-refractivity contribution in [1.29, 1.82) is 0 Å². The zero-order valence-corrected chi connectivity index (χ0v) is 16.7. The first-order chi connectivity index (χ1) is 13.2. The molecule has 0 radical (unpaired) electrons. The van der Waals surface area contributed by atoms with E-state index in [2.05, 4.69) is 9.97 Å². The quantitative estimate of drug-likeness (QED) is 0.524. The van der Waals surface area contributed by atoms with Crippen LogP contribution >= 0.6 is 22.7 Å². The van der Waals surface area contributed by atoms with Crippen LogP contribution in [0.2, 0.25) is 0 Å². The fourth-order valence-electron chi connectivity index (χ4n) is 3.20. The van der Waals surface area contributed by atoms with Gasteiger partial charge >= 0.3 is 0 Å². The van der Waals surface area contributed by atoms with Crippen molar-refractivity contribution in [3.8, 4) is 22.5 Å². The molecule has 5 rings (SSSR count). The highest BCUT2D eigenvalue weighted by Gasteiger charge is 2.29. The van der Waals surface area contributed by atoms with Crippen LogP contribution < -0.4 is 5.73 Å². The molecule has 0 aliphatic heterocycles. The van der Waals surface area contributed by atoms with Crippen molar-refractivity contribution in [2.24, 2.45) is 0 Å². The molecule has 4 heterocycles. The van der Waals surface area contributed by atoms with Gasteiger partial charge in [0.05, 0.1) is 33.4 Å². The minimum absolute atomic E-state index is 0.223. The summed E-state index contributed by atoms with van der Waals surface area (Å²) in [5.74, 6) is 0. The molecule has 136 valence electrons. The van der Waals surface area contributed by atoms with Gasteiger partial charge in [0.25, 0.3) is 0 Å². The van der Waals surface area contributed by atoms with E-state index in [0.717, 1.165) is 56.2 Å². The Morgan fingerprint density at radius 3 is 2.81 bits per heavy atom. The zero-order chi connectivity index (χ0) is 18.4. The highest BCUT2D eigenvalue weighted by atomic mass is 32.2. The predicted molar refractivity (Wildman–Crippen MR) is 112 cm³/mol. The van der Waals surface area contributed by atoms with Crippen LogP contribution in [0.3, 0.4) is 0 Å². The molecule has 5 nitrogen and oxygen atoms in total. The molecule has 1 fully saturated rings. The van der Waals surface area contributed by atoms with Gasteiger partial charge < -0.3 is 5.73 Å². The van der Waals surface area contributed by atoms with E-state index in [-0.39, 0.29) is 5.25 Å². The Bertz CT molecular complexity index is 1130. The Balaban J connectivity index is 1.75. The number of nitrogens with zero attached hydrogens (tertiary/aromatic N) is 3. The monoisotopic (exact) mass is 412 g/mol. The maximum absolute atomic E-state index is 13.0. The average molecular weight is 413 g/mol. The summed E-state index contributed by atoms with van der Waals surface area (Å²) in [5, 5.41) is 3.09. The summed E-state index contributed by atoms with van der Waals surface area (Å²) in [6.07, 6.45) is 6.70. The SMILES string of the molecule is Nc1c(S(=O)C2CCC2)sc2nc(-c3cccnc3)cc(-c3cscn3)c12. The molecule has 2 N–H and O–H groups in total. The number of aromatic nitrogens is 3. The molecule has 1 aliphatic carbocycles. The van der Waals surface area contributed by atoms with Crippen molar-refractivity contribution in [3.05, 3.63) is 41.5 Å². The van der Waals surface area contributed by atoms with Gasteiger partial charge in [-0.25, -0.2) is 9.97 Å². The molecule has 1 aliphatic rings. The Morgan fingerprint density at radius 2 is 2.15 bits per heavy atom. The van der Waals surface area contributed by atoms with Crippen molar-refractivity contribution in [3.63, 3.8) is 0 Å². The van der Waals surface area contributed by atoms with E-state index in [0.29, 0.717) is 5.69 Å². The molecule has 0 bridgehead atoms. The highest BCUT2D eigenvalue weighted by molar-refractivity contribution is 7.88. The fourth-order valence-corrected chi connectivity index (χ4v) is 6.96. The van der Waals surface area contributed by atoms with Crippen molar-refractivity contribution in [1.82, 2.24) is 15.0 Å². The highest BCUT2D eigenvalue weighted by Crippen LogP contribution is 2.44. The van der Waals surface area contributed by atoms with Crippen LogP contribution in [0.1, 0.15) is 19.3 Å². The molecule has 1 saturated carbocycles. The zero-order valence-electron chi connectivity index (χ0n) is 14.3. The molecule has 0 spiro atoms. The van der Waals surface area contributed by atoms with Crippen molar-refractivity contribution >= 4 is 49.4 Å². The van der Waals surface area contributed by atoms with Crippen LogP contribution in [-0.2, 0) is 10.8 Å². The number of pyridine rings is 2. The molecule has 4 aromatic rings. The maximum Gasteiger partial charge on any atom is 0.127 e. The Labute approximate surface area is 166 Å². The molecule has 1 unspecified atom stereocenters. The number of hydrogen-bond donors (Lipinski definition) is 1. The number of thiazole rings is 1. The van der Waals surface area contributed by atoms with E-state index in [1.807, 2.05) is 23.6 Å². The third kappa shape index (κ3) is 2.88. The van der Waals surface area contributed by atoms with Gasteiger partial charge in [0.1, 0.15) is 9.04 Å². The first kappa shape index (κ1) is 17.0. The Hall–Kier alpha value is -2.16. The van der Waals surface area contributed by atoms with E-state index < -0.39 is 10.8 Å². The minimum Gasteiger partial charge on any atom is -0.396 e. The van der Waals surface area contributed by atoms with Gasteiger partial charge in [0.2, 0.25) is 0 Å². The molecule has 1 atom stereocenters. The van der Waals surface area contributed by atoms with Crippen LogP contribution in [0.15, 0.2) is 45.7 Å². The van der Waals surface area contributed by atoms with Gasteiger partial charge in [-0.15, -0.1) is 22.7 Å². The van der Waals surface area contributed by atoms with E-state index in [1.54, 1.807) is 17.9 Å². The third-order valence-corrected chi connectivity index (χ3v) is 8.75. The van der Waals surface area contributed by atoms with Crippen LogP contribution in [0, 0.1) is 0 Å². The van der Waals surface area contributed by atoms with Crippen molar-refractivity contribution in [2.45, 2.75) is 28.7 Å². The molecular weight excluding hydrogens is 396 g/mol. The Kier molecular flexibility index (Phi) is 4.26. The van der Waals surface area contributed by atoms with Crippen LogP contribution in [0.4, 0.5) is 5.69 Å². The number of hydrogen-bond acceptors (Lipinski definition) is 7. The number of rotatable bonds is 4. The molecule has 8 heteroatoms. The predicted octanol–water partition coefficient (Wildman–Crippen LogP) is 4.72. The molecule has 0 amide bonds. The van der Waals surface area contributed by atoms with Gasteiger partial charge in [-0.2, -0.15) is 0 Å². The van der Waals surface area contributed by atoms with Gasteiger partial charge in [-0.1, -0.05) is 6.42 Å². The lowest BCUT2D eigenvalue weighted by atomic mass is 10.0. The van der Waals surface area contributed by atoms with Crippen molar-refractivity contribution in [2.75, 3.05) is 5.73 Å². The smallest absolute Gasteiger partial charge is 0.127 e. The van der Waals surface area contributed by atoms with Gasteiger partial charge in [0.15, 0.2) is 0 Å².